The van der Waals surface area contributed by atoms with Gasteiger partial charge in [0.05, 0.1) is 6.54 Å². The van der Waals surface area contributed by atoms with Crippen molar-refractivity contribution in [1.29, 1.82) is 0 Å². The van der Waals surface area contributed by atoms with Gasteiger partial charge in [0.15, 0.2) is 6.10 Å². The zero-order valence-electron chi connectivity index (χ0n) is 19.0. The molecule has 2 N–H and O–H groups in total. The van der Waals surface area contributed by atoms with Crippen LogP contribution in [0.4, 0.5) is 4.79 Å². The van der Waals surface area contributed by atoms with Crippen LogP contribution >= 0.6 is 0 Å². The molecule has 0 aliphatic heterocycles. The molecule has 0 radical (unpaired) electrons. The number of nitrogens with one attached hydrogen (secondary N) is 1. The summed E-state index contributed by atoms with van der Waals surface area (Å²) in [5, 5.41) is 12.2. The number of aliphatic carboxylic acids is 1. The first kappa shape index (κ1) is 25.8. The lowest BCUT2D eigenvalue weighted by atomic mass is 10.1. The van der Waals surface area contributed by atoms with Crippen LogP contribution in [-0.2, 0) is 16.0 Å². The van der Waals surface area contributed by atoms with Gasteiger partial charge in [-0.1, -0.05) is 32.9 Å². The van der Waals surface area contributed by atoms with Gasteiger partial charge in [-0.05, 0) is 50.3 Å². The van der Waals surface area contributed by atoms with Crippen LogP contribution in [-0.4, -0.2) is 60.5 Å². The van der Waals surface area contributed by atoms with Crippen molar-refractivity contribution < 1.29 is 24.2 Å². The molecule has 0 spiro atoms. The molecule has 1 aromatic carbocycles. The van der Waals surface area contributed by atoms with Gasteiger partial charge in [0, 0.05) is 25.6 Å². The number of rotatable bonds is 14. The molecule has 0 aromatic heterocycles. The van der Waals surface area contributed by atoms with Crippen molar-refractivity contribution in [3.63, 3.8) is 0 Å². The summed E-state index contributed by atoms with van der Waals surface area (Å²) in [4.78, 5) is 25.5. The SMILES string of the molecule is CCOC(Cc1ccc(OCCN(CCC(C)C)C(=O)NC(C)CC)cc1)C(=O)O. The first-order valence-electron chi connectivity index (χ1n) is 10.9. The number of urea groups is 1. The van der Waals surface area contributed by atoms with E-state index in [1.165, 1.54) is 0 Å². The number of carboxylic acid groups (broad SMARTS) is 1. The van der Waals surface area contributed by atoms with Crippen LogP contribution in [0, 0.1) is 5.92 Å². The summed E-state index contributed by atoms with van der Waals surface area (Å²) in [7, 11) is 0. The number of carbonyl (C=O) groups excluding carboxylic acids is 1. The number of carbonyl (C=O) groups is 2. The van der Waals surface area contributed by atoms with E-state index in [9.17, 15) is 14.7 Å². The number of hydrogen-bond acceptors (Lipinski definition) is 4. The fourth-order valence-electron chi connectivity index (χ4n) is 2.76. The minimum Gasteiger partial charge on any atom is -0.492 e. The van der Waals surface area contributed by atoms with E-state index in [2.05, 4.69) is 19.2 Å². The van der Waals surface area contributed by atoms with Crippen LogP contribution in [0.5, 0.6) is 5.75 Å². The van der Waals surface area contributed by atoms with Crippen molar-refractivity contribution in [2.75, 3.05) is 26.3 Å². The number of ether oxygens (including phenoxy) is 2. The van der Waals surface area contributed by atoms with E-state index in [1.54, 1.807) is 11.8 Å². The molecule has 0 heterocycles. The van der Waals surface area contributed by atoms with Crippen molar-refractivity contribution >= 4 is 12.0 Å². The normalized spacial score (nSPS) is 13.0. The van der Waals surface area contributed by atoms with Gasteiger partial charge in [-0.25, -0.2) is 9.59 Å². The van der Waals surface area contributed by atoms with E-state index in [1.807, 2.05) is 38.1 Å². The molecule has 0 bridgehead atoms. The number of amides is 2. The van der Waals surface area contributed by atoms with Crippen LogP contribution in [0.25, 0.3) is 0 Å². The Morgan fingerprint density at radius 3 is 2.30 bits per heavy atom. The van der Waals surface area contributed by atoms with Crippen molar-refractivity contribution in [1.82, 2.24) is 10.2 Å². The Hall–Kier alpha value is -2.28. The van der Waals surface area contributed by atoms with Crippen LogP contribution in [0.3, 0.4) is 0 Å². The molecule has 0 aliphatic rings. The Balaban J connectivity index is 2.58. The summed E-state index contributed by atoms with van der Waals surface area (Å²) in [6.45, 7) is 12.0. The molecular formula is C23H38N2O5. The van der Waals surface area contributed by atoms with E-state index >= 15 is 0 Å². The highest BCUT2D eigenvalue weighted by molar-refractivity contribution is 5.74. The highest BCUT2D eigenvalue weighted by Crippen LogP contribution is 2.15. The van der Waals surface area contributed by atoms with Crippen molar-refractivity contribution in [2.45, 2.75) is 66.0 Å². The second kappa shape index (κ2) is 13.9. The topological polar surface area (TPSA) is 88.1 Å². The second-order valence-electron chi connectivity index (χ2n) is 7.91. The van der Waals surface area contributed by atoms with Gasteiger partial charge in [0.2, 0.25) is 0 Å². The minimum absolute atomic E-state index is 0.0559. The lowest BCUT2D eigenvalue weighted by Gasteiger charge is -2.25. The molecule has 0 saturated heterocycles. The maximum absolute atomic E-state index is 12.5. The Morgan fingerprint density at radius 2 is 1.77 bits per heavy atom. The monoisotopic (exact) mass is 422 g/mol. The van der Waals surface area contributed by atoms with E-state index in [0.717, 1.165) is 18.4 Å². The van der Waals surface area contributed by atoms with Crippen LogP contribution in [0.1, 0.15) is 53.0 Å². The smallest absolute Gasteiger partial charge is 0.333 e. The zero-order valence-corrected chi connectivity index (χ0v) is 19.0. The summed E-state index contributed by atoms with van der Waals surface area (Å²) in [5.41, 5.74) is 0.870. The summed E-state index contributed by atoms with van der Waals surface area (Å²) in [5.74, 6) is 0.242. The Labute approximate surface area is 180 Å². The summed E-state index contributed by atoms with van der Waals surface area (Å²) >= 11 is 0. The van der Waals surface area contributed by atoms with Gasteiger partial charge in [-0.3, -0.25) is 0 Å². The molecule has 170 valence electrons. The number of benzene rings is 1. The first-order chi connectivity index (χ1) is 14.3. The van der Waals surface area contributed by atoms with Crippen LogP contribution in [0.15, 0.2) is 24.3 Å². The maximum atomic E-state index is 12.5. The molecule has 1 aromatic rings. The largest absolute Gasteiger partial charge is 0.492 e. The summed E-state index contributed by atoms with van der Waals surface area (Å²) in [6.07, 6.45) is 1.29. The van der Waals surface area contributed by atoms with Crippen molar-refractivity contribution in [3.05, 3.63) is 29.8 Å². The highest BCUT2D eigenvalue weighted by Gasteiger charge is 2.18. The molecule has 0 aliphatic carbocycles. The molecule has 7 nitrogen and oxygen atoms in total. The first-order valence-corrected chi connectivity index (χ1v) is 10.9. The minimum atomic E-state index is -0.964. The molecule has 0 saturated carbocycles. The van der Waals surface area contributed by atoms with Crippen molar-refractivity contribution in [3.8, 4) is 5.75 Å². The number of hydrogen-bond donors (Lipinski definition) is 2. The average Bonchev–Trinajstić information content (AvgIpc) is 2.70. The Morgan fingerprint density at radius 1 is 1.10 bits per heavy atom. The van der Waals surface area contributed by atoms with Gasteiger partial charge < -0.3 is 24.8 Å². The predicted octanol–water partition coefficient (Wildman–Crippen LogP) is 3.95. The number of carboxylic acids is 1. The summed E-state index contributed by atoms with van der Waals surface area (Å²) in [6, 6.07) is 7.40. The molecule has 2 amide bonds. The Bertz CT molecular complexity index is 633. The highest BCUT2D eigenvalue weighted by atomic mass is 16.5. The molecule has 7 heteroatoms. The lowest BCUT2D eigenvalue weighted by Crippen LogP contribution is -2.45. The summed E-state index contributed by atoms with van der Waals surface area (Å²) < 4.78 is 11.1. The molecule has 2 atom stereocenters. The zero-order chi connectivity index (χ0) is 22.5. The van der Waals surface area contributed by atoms with Gasteiger partial charge in [-0.15, -0.1) is 0 Å². The maximum Gasteiger partial charge on any atom is 0.333 e. The molecule has 2 unspecified atom stereocenters. The number of nitrogens with zero attached hydrogens (tertiary/aromatic N) is 1. The molecule has 1 rings (SSSR count). The average molecular weight is 423 g/mol. The van der Waals surface area contributed by atoms with Gasteiger partial charge in [0.25, 0.3) is 0 Å². The quantitative estimate of drug-likeness (QED) is 0.474. The third-order valence-electron chi connectivity index (χ3n) is 4.86. The van der Waals surface area contributed by atoms with E-state index in [-0.39, 0.29) is 12.1 Å². The van der Waals surface area contributed by atoms with E-state index < -0.39 is 12.1 Å². The van der Waals surface area contributed by atoms with Crippen molar-refractivity contribution in [2.24, 2.45) is 5.92 Å². The second-order valence-corrected chi connectivity index (χ2v) is 7.91. The van der Waals surface area contributed by atoms with Crippen LogP contribution in [0.2, 0.25) is 0 Å². The third kappa shape index (κ3) is 9.96. The van der Waals surface area contributed by atoms with Gasteiger partial charge in [0.1, 0.15) is 12.4 Å². The fourth-order valence-corrected chi connectivity index (χ4v) is 2.76. The van der Waals surface area contributed by atoms with Gasteiger partial charge in [-0.2, -0.15) is 0 Å². The standard InChI is InChI=1S/C23H38N2O5/c1-6-18(5)24-23(28)25(13-12-17(3)4)14-15-30-20-10-8-19(9-11-20)16-21(22(26)27)29-7-2/h8-11,17-18,21H,6-7,12-16H2,1-5H3,(H,24,28)(H,26,27). The van der Waals surface area contributed by atoms with E-state index in [0.29, 0.717) is 44.4 Å². The van der Waals surface area contributed by atoms with Crippen LogP contribution < -0.4 is 10.1 Å². The lowest BCUT2D eigenvalue weighted by molar-refractivity contribution is -0.149. The molecule has 30 heavy (non-hydrogen) atoms. The van der Waals surface area contributed by atoms with E-state index in [4.69, 9.17) is 9.47 Å². The molecule has 0 fully saturated rings. The molecular weight excluding hydrogens is 384 g/mol. The Kier molecular flexibility index (Phi) is 11.9. The van der Waals surface area contributed by atoms with Gasteiger partial charge >= 0.3 is 12.0 Å². The predicted molar refractivity (Wildman–Crippen MR) is 118 cm³/mol. The fraction of sp³-hybridized carbons (Fsp3) is 0.652. The third-order valence-corrected chi connectivity index (χ3v) is 4.86.